The molecule has 4 nitrogen and oxygen atoms in total. The van der Waals surface area contributed by atoms with Gasteiger partial charge in [0.1, 0.15) is 0 Å². The molecule has 0 saturated heterocycles. The van der Waals surface area contributed by atoms with Gasteiger partial charge in [-0.1, -0.05) is 36.4 Å². The van der Waals surface area contributed by atoms with Gasteiger partial charge in [0.05, 0.1) is 15.4 Å². The lowest BCUT2D eigenvalue weighted by atomic mass is 9.84. The maximum atomic E-state index is 13.2. The second-order valence-corrected chi connectivity index (χ2v) is 8.07. The van der Waals surface area contributed by atoms with Crippen LogP contribution in [0.15, 0.2) is 54.6 Å². The summed E-state index contributed by atoms with van der Waals surface area (Å²) in [5.41, 5.74) is 1.62. The van der Waals surface area contributed by atoms with Crippen molar-refractivity contribution < 1.29 is 22.8 Å². The average Bonchev–Trinajstić information content (AvgIpc) is 3.04. The molecule has 154 valence electrons. The Kier molecular flexibility index (Phi) is 5.11. The minimum absolute atomic E-state index is 0.0195. The molecule has 1 atom stereocenters. The fourth-order valence-corrected chi connectivity index (χ4v) is 4.83. The molecule has 0 radical (unpaired) electrons. The predicted molar refractivity (Wildman–Crippen MR) is 110 cm³/mol. The summed E-state index contributed by atoms with van der Waals surface area (Å²) >= 11 is 1.14. The summed E-state index contributed by atoms with van der Waals surface area (Å²) in [5.74, 6) is -1.16. The lowest BCUT2D eigenvalue weighted by Gasteiger charge is -2.24. The second-order valence-electron chi connectivity index (χ2n) is 7.05. The van der Waals surface area contributed by atoms with Crippen molar-refractivity contribution in [3.63, 3.8) is 0 Å². The number of carbonyl (C=O) groups excluding carboxylic acids is 2. The highest BCUT2D eigenvalue weighted by atomic mass is 32.1. The monoisotopic (exact) mass is 430 g/mol. The third-order valence-electron chi connectivity index (χ3n) is 5.04. The molecule has 2 amide bonds. The number of carbonyl (C=O) groups is 2. The zero-order valence-corrected chi connectivity index (χ0v) is 16.7. The van der Waals surface area contributed by atoms with Crippen molar-refractivity contribution >= 4 is 33.8 Å². The SMILES string of the molecule is Cc1c(C(=O)Nc2ccccc2)sc2c1[C@@H](c1cccc(C(F)(F)F)c1)CC(=O)N2. The van der Waals surface area contributed by atoms with E-state index >= 15 is 0 Å². The fourth-order valence-electron chi connectivity index (χ4n) is 3.65. The number of amides is 2. The molecule has 8 heteroatoms. The molecular weight excluding hydrogens is 413 g/mol. The van der Waals surface area contributed by atoms with Crippen LogP contribution in [0.5, 0.6) is 0 Å². The molecule has 1 aliphatic heterocycles. The Bertz CT molecular complexity index is 1120. The third kappa shape index (κ3) is 3.82. The van der Waals surface area contributed by atoms with E-state index in [2.05, 4.69) is 10.6 Å². The number of anilines is 2. The van der Waals surface area contributed by atoms with Gasteiger partial charge in [0.2, 0.25) is 5.91 Å². The smallest absolute Gasteiger partial charge is 0.321 e. The number of hydrogen-bond acceptors (Lipinski definition) is 3. The summed E-state index contributed by atoms with van der Waals surface area (Å²) in [5, 5.41) is 6.08. The first-order valence-electron chi connectivity index (χ1n) is 9.20. The molecule has 0 spiro atoms. The number of halogens is 3. The van der Waals surface area contributed by atoms with Crippen LogP contribution in [0.25, 0.3) is 0 Å². The molecule has 3 aromatic rings. The highest BCUT2D eigenvalue weighted by Crippen LogP contribution is 2.46. The first-order chi connectivity index (χ1) is 14.2. The molecule has 0 fully saturated rings. The Morgan fingerprint density at radius 1 is 1.13 bits per heavy atom. The van der Waals surface area contributed by atoms with Gasteiger partial charge in [0, 0.05) is 18.0 Å². The molecule has 0 unspecified atom stereocenters. The van der Waals surface area contributed by atoms with Gasteiger partial charge in [-0.15, -0.1) is 11.3 Å². The number of nitrogens with one attached hydrogen (secondary N) is 2. The molecule has 2 heterocycles. The topological polar surface area (TPSA) is 58.2 Å². The number of rotatable bonds is 3. The molecule has 4 rings (SSSR count). The van der Waals surface area contributed by atoms with E-state index < -0.39 is 17.7 Å². The number of thiophene rings is 1. The van der Waals surface area contributed by atoms with Crippen LogP contribution in [-0.4, -0.2) is 11.8 Å². The van der Waals surface area contributed by atoms with Crippen LogP contribution in [0.2, 0.25) is 0 Å². The van der Waals surface area contributed by atoms with Crippen molar-refractivity contribution in [2.75, 3.05) is 10.6 Å². The molecule has 0 saturated carbocycles. The van der Waals surface area contributed by atoms with E-state index in [4.69, 9.17) is 0 Å². The number of para-hydroxylation sites is 1. The molecule has 30 heavy (non-hydrogen) atoms. The van der Waals surface area contributed by atoms with E-state index in [0.717, 1.165) is 23.5 Å². The van der Waals surface area contributed by atoms with E-state index in [-0.39, 0.29) is 18.2 Å². The summed E-state index contributed by atoms with van der Waals surface area (Å²) in [4.78, 5) is 25.5. The first-order valence-corrected chi connectivity index (χ1v) is 10.0. The van der Waals surface area contributed by atoms with Gasteiger partial charge in [-0.25, -0.2) is 0 Å². The molecule has 1 aromatic heterocycles. The standard InChI is InChI=1S/C22H17F3N2O2S/c1-12-18-16(13-6-5-7-14(10-13)22(23,24)25)11-17(28)27-21(18)30-19(12)20(29)26-15-8-3-2-4-9-15/h2-10,16H,11H2,1H3,(H,26,29)(H,27,28)/t16-/m1/s1. The Labute approximate surface area is 174 Å². The van der Waals surface area contributed by atoms with Crippen molar-refractivity contribution in [3.8, 4) is 0 Å². The van der Waals surface area contributed by atoms with E-state index in [1.807, 2.05) is 6.07 Å². The van der Waals surface area contributed by atoms with Gasteiger partial charge in [0.25, 0.3) is 5.91 Å². The molecule has 2 aromatic carbocycles. The van der Waals surface area contributed by atoms with Crippen molar-refractivity contribution in [1.82, 2.24) is 0 Å². The summed E-state index contributed by atoms with van der Waals surface area (Å²) in [6.45, 7) is 1.76. The molecule has 0 aliphatic carbocycles. The highest BCUT2D eigenvalue weighted by Gasteiger charge is 2.35. The summed E-state index contributed by atoms with van der Waals surface area (Å²) in [6, 6.07) is 14.0. The van der Waals surface area contributed by atoms with Crippen LogP contribution in [0.1, 0.15) is 44.3 Å². The van der Waals surface area contributed by atoms with Gasteiger partial charge in [-0.05, 0) is 41.8 Å². The molecule has 0 bridgehead atoms. The Balaban J connectivity index is 1.73. The zero-order chi connectivity index (χ0) is 21.5. The van der Waals surface area contributed by atoms with Crippen molar-refractivity contribution in [2.24, 2.45) is 0 Å². The number of fused-ring (bicyclic) bond motifs is 1. The van der Waals surface area contributed by atoms with Gasteiger partial charge >= 0.3 is 6.18 Å². The fraction of sp³-hybridized carbons (Fsp3) is 0.182. The largest absolute Gasteiger partial charge is 0.416 e. The lowest BCUT2D eigenvalue weighted by Crippen LogP contribution is -2.23. The van der Waals surface area contributed by atoms with Crippen LogP contribution in [0.4, 0.5) is 23.9 Å². The van der Waals surface area contributed by atoms with Crippen molar-refractivity contribution in [2.45, 2.75) is 25.4 Å². The first kappa shape index (κ1) is 20.2. The minimum Gasteiger partial charge on any atom is -0.321 e. The van der Waals surface area contributed by atoms with Crippen molar-refractivity contribution in [3.05, 3.63) is 81.7 Å². The summed E-state index contributed by atoms with van der Waals surface area (Å²) in [7, 11) is 0. The Morgan fingerprint density at radius 3 is 2.57 bits per heavy atom. The average molecular weight is 430 g/mol. The van der Waals surface area contributed by atoms with Crippen LogP contribution in [-0.2, 0) is 11.0 Å². The van der Waals surface area contributed by atoms with E-state index in [1.54, 1.807) is 37.3 Å². The van der Waals surface area contributed by atoms with Gasteiger partial charge < -0.3 is 10.6 Å². The normalized spacial score (nSPS) is 16.0. The Hall–Kier alpha value is -3.13. The van der Waals surface area contributed by atoms with E-state index in [0.29, 0.717) is 32.3 Å². The highest BCUT2D eigenvalue weighted by molar-refractivity contribution is 7.18. The number of hydrogen-bond donors (Lipinski definition) is 2. The zero-order valence-electron chi connectivity index (χ0n) is 15.8. The van der Waals surface area contributed by atoms with Crippen LogP contribution in [0.3, 0.4) is 0 Å². The van der Waals surface area contributed by atoms with Gasteiger partial charge in [-0.2, -0.15) is 13.2 Å². The van der Waals surface area contributed by atoms with Crippen molar-refractivity contribution in [1.29, 1.82) is 0 Å². The van der Waals surface area contributed by atoms with E-state index in [9.17, 15) is 22.8 Å². The maximum absolute atomic E-state index is 13.2. The minimum atomic E-state index is -4.47. The lowest BCUT2D eigenvalue weighted by molar-refractivity contribution is -0.137. The molecular formula is C22H17F3N2O2S. The Morgan fingerprint density at radius 2 is 1.87 bits per heavy atom. The quantitative estimate of drug-likeness (QED) is 0.552. The van der Waals surface area contributed by atoms with Crippen LogP contribution in [0, 0.1) is 6.92 Å². The van der Waals surface area contributed by atoms with Gasteiger partial charge in [0.15, 0.2) is 0 Å². The van der Waals surface area contributed by atoms with Gasteiger partial charge in [-0.3, -0.25) is 9.59 Å². The number of alkyl halides is 3. The summed E-state index contributed by atoms with van der Waals surface area (Å²) < 4.78 is 39.5. The molecule has 2 N–H and O–H groups in total. The summed E-state index contributed by atoms with van der Waals surface area (Å²) in [6.07, 6.45) is -4.45. The van der Waals surface area contributed by atoms with Crippen LogP contribution < -0.4 is 10.6 Å². The predicted octanol–water partition coefficient (Wildman–Crippen LogP) is 5.80. The van der Waals surface area contributed by atoms with E-state index in [1.165, 1.54) is 6.07 Å². The maximum Gasteiger partial charge on any atom is 0.416 e. The third-order valence-corrected chi connectivity index (χ3v) is 6.26. The van der Waals surface area contributed by atoms with Crippen LogP contribution >= 0.6 is 11.3 Å². The second kappa shape index (κ2) is 7.60. The number of benzene rings is 2. The molecule has 1 aliphatic rings.